The molecule has 0 atom stereocenters. The number of anilines is 1. The zero-order valence-corrected chi connectivity index (χ0v) is 18.1. The van der Waals surface area contributed by atoms with Gasteiger partial charge in [-0.05, 0) is 40.9 Å². The summed E-state index contributed by atoms with van der Waals surface area (Å²) in [6.45, 7) is 3.67. The summed E-state index contributed by atoms with van der Waals surface area (Å²) >= 11 is 3.24. The lowest BCUT2D eigenvalue weighted by Gasteiger charge is -2.12. The molecule has 4 rings (SSSR count). The van der Waals surface area contributed by atoms with Gasteiger partial charge in [0.1, 0.15) is 17.5 Å². The Morgan fingerprint density at radius 2 is 2.10 bits per heavy atom. The summed E-state index contributed by atoms with van der Waals surface area (Å²) in [5.74, 6) is 0.598. The van der Waals surface area contributed by atoms with Gasteiger partial charge in [0.05, 0.1) is 22.2 Å². The number of pyridine rings is 1. The number of rotatable bonds is 6. The van der Waals surface area contributed by atoms with Crippen LogP contribution in [-0.2, 0) is 11.3 Å². The maximum absolute atomic E-state index is 12.9. The lowest BCUT2D eigenvalue weighted by atomic mass is 10.2. The van der Waals surface area contributed by atoms with Crippen LogP contribution >= 0.6 is 15.9 Å². The highest BCUT2D eigenvalue weighted by Gasteiger charge is 2.28. The summed E-state index contributed by atoms with van der Waals surface area (Å²) < 4.78 is 4.44. The van der Waals surface area contributed by atoms with Crippen LogP contribution in [0.1, 0.15) is 50.0 Å². The topological polar surface area (TPSA) is 134 Å². The summed E-state index contributed by atoms with van der Waals surface area (Å²) in [6, 6.07) is 3.37. The van der Waals surface area contributed by atoms with Crippen molar-refractivity contribution in [3.8, 4) is 0 Å². The predicted molar refractivity (Wildman–Crippen MR) is 114 cm³/mol. The van der Waals surface area contributed by atoms with Gasteiger partial charge in [-0.1, -0.05) is 13.8 Å². The molecular formula is C19H21BrN8O2. The molecule has 30 heavy (non-hydrogen) atoms. The Bertz CT molecular complexity index is 1280. The van der Waals surface area contributed by atoms with Gasteiger partial charge in [0.15, 0.2) is 5.82 Å². The minimum absolute atomic E-state index is 0.0152. The molecule has 3 aromatic heterocycles. The Kier molecular flexibility index (Phi) is 5.14. The summed E-state index contributed by atoms with van der Waals surface area (Å²) in [7, 11) is 0. The third-order valence-electron chi connectivity index (χ3n) is 4.90. The SMILES string of the molecule is CC(C)c1nn(CC(=O)Nc2cc(Br)c(=N)n(C=N)c2)c(=O)c2cc(C3CC3)nn12. The van der Waals surface area contributed by atoms with Gasteiger partial charge < -0.3 is 5.32 Å². The van der Waals surface area contributed by atoms with Gasteiger partial charge in [0.2, 0.25) is 5.91 Å². The van der Waals surface area contributed by atoms with Gasteiger partial charge in [-0.15, -0.1) is 0 Å². The number of halogens is 1. The third kappa shape index (κ3) is 3.72. The van der Waals surface area contributed by atoms with Crippen molar-refractivity contribution in [3.63, 3.8) is 0 Å². The molecule has 0 unspecified atom stereocenters. The fraction of sp³-hybridized carbons (Fsp3) is 0.368. The molecule has 3 heterocycles. The standard InChI is InChI=1S/C19H21BrN8O2/c1-10(2)18-25-27(19(30)15-6-14(11-3-4-11)24-28(15)18)8-16(29)23-12-5-13(20)17(22)26(7-12)9-21/h5-7,9-11,21-22H,3-4,8H2,1-2H3,(H,23,29). The second-order valence-corrected chi connectivity index (χ2v) is 8.48. The van der Waals surface area contributed by atoms with E-state index in [1.165, 1.54) is 10.8 Å². The minimum Gasteiger partial charge on any atom is -0.323 e. The minimum atomic E-state index is -0.438. The molecule has 1 aliphatic carbocycles. The number of carbonyl (C=O) groups is 1. The Morgan fingerprint density at radius 1 is 1.37 bits per heavy atom. The van der Waals surface area contributed by atoms with Crippen LogP contribution in [0.2, 0.25) is 0 Å². The van der Waals surface area contributed by atoms with E-state index in [1.807, 2.05) is 13.8 Å². The van der Waals surface area contributed by atoms with Crippen molar-refractivity contribution in [3.05, 3.63) is 50.2 Å². The maximum Gasteiger partial charge on any atom is 0.293 e. The number of hydrogen-bond donors (Lipinski definition) is 3. The van der Waals surface area contributed by atoms with Crippen LogP contribution in [0.4, 0.5) is 5.69 Å². The van der Waals surface area contributed by atoms with Crippen molar-refractivity contribution < 1.29 is 4.79 Å². The van der Waals surface area contributed by atoms with Crippen LogP contribution in [0.5, 0.6) is 0 Å². The number of nitrogens with zero attached hydrogens (tertiary/aromatic N) is 5. The van der Waals surface area contributed by atoms with Crippen LogP contribution in [0.25, 0.3) is 5.52 Å². The van der Waals surface area contributed by atoms with Gasteiger partial charge in [0.25, 0.3) is 5.56 Å². The summed E-state index contributed by atoms with van der Waals surface area (Å²) in [5, 5.41) is 26.9. The number of hydrogen-bond acceptors (Lipinski definition) is 6. The van der Waals surface area contributed by atoms with Crippen LogP contribution in [0.15, 0.2) is 27.6 Å². The molecule has 0 aliphatic heterocycles. The lowest BCUT2D eigenvalue weighted by Crippen LogP contribution is -2.33. The Morgan fingerprint density at radius 3 is 2.73 bits per heavy atom. The molecule has 0 bridgehead atoms. The molecule has 1 fully saturated rings. The molecular weight excluding hydrogens is 452 g/mol. The fourth-order valence-corrected chi connectivity index (χ4v) is 3.65. The van der Waals surface area contributed by atoms with E-state index in [9.17, 15) is 9.59 Å². The summed E-state index contributed by atoms with van der Waals surface area (Å²) in [4.78, 5) is 25.5. The smallest absolute Gasteiger partial charge is 0.293 e. The van der Waals surface area contributed by atoms with Crippen LogP contribution in [-0.4, -0.2) is 36.2 Å². The molecule has 0 spiro atoms. The molecule has 10 nitrogen and oxygen atoms in total. The van der Waals surface area contributed by atoms with E-state index in [1.54, 1.807) is 16.6 Å². The first kappa shape index (κ1) is 20.2. The van der Waals surface area contributed by atoms with Gasteiger partial charge in [-0.25, -0.2) is 9.20 Å². The Hall–Kier alpha value is -3.08. The van der Waals surface area contributed by atoms with Gasteiger partial charge in [-0.2, -0.15) is 10.2 Å². The van der Waals surface area contributed by atoms with Gasteiger partial charge in [-0.3, -0.25) is 25.0 Å². The molecule has 11 heteroatoms. The van der Waals surface area contributed by atoms with E-state index in [0.29, 0.717) is 27.4 Å². The van der Waals surface area contributed by atoms with Gasteiger partial charge in [0, 0.05) is 18.0 Å². The van der Waals surface area contributed by atoms with E-state index >= 15 is 0 Å². The van der Waals surface area contributed by atoms with Crippen molar-refractivity contribution >= 4 is 39.4 Å². The van der Waals surface area contributed by atoms with Crippen LogP contribution < -0.4 is 16.4 Å². The quantitative estimate of drug-likeness (QED) is 0.373. The maximum atomic E-state index is 12.9. The van der Waals surface area contributed by atoms with E-state index in [-0.39, 0.29) is 23.5 Å². The number of carbonyl (C=O) groups excluding carboxylic acids is 1. The Labute approximate surface area is 179 Å². The molecule has 1 amide bonds. The van der Waals surface area contributed by atoms with Crippen LogP contribution in [0, 0.1) is 10.8 Å². The number of nitrogens with one attached hydrogen (secondary N) is 3. The second-order valence-electron chi connectivity index (χ2n) is 7.63. The summed E-state index contributed by atoms with van der Waals surface area (Å²) in [6.07, 6.45) is 4.57. The zero-order valence-electron chi connectivity index (χ0n) is 16.5. The van der Waals surface area contributed by atoms with Crippen molar-refractivity contribution in [2.24, 2.45) is 0 Å². The van der Waals surface area contributed by atoms with Crippen molar-refractivity contribution in [1.82, 2.24) is 24.0 Å². The molecule has 1 saturated carbocycles. The molecule has 3 aromatic rings. The number of amides is 1. The summed E-state index contributed by atoms with van der Waals surface area (Å²) in [5.41, 5.74) is 1.43. The average Bonchev–Trinajstić information content (AvgIpc) is 3.45. The molecule has 156 valence electrons. The highest BCUT2D eigenvalue weighted by Crippen LogP contribution is 2.39. The molecule has 1 aliphatic rings. The zero-order chi connectivity index (χ0) is 21.6. The highest BCUT2D eigenvalue weighted by molar-refractivity contribution is 9.10. The molecule has 3 N–H and O–H groups in total. The monoisotopic (exact) mass is 472 g/mol. The predicted octanol–water partition coefficient (Wildman–Crippen LogP) is 2.03. The molecule has 0 saturated heterocycles. The van der Waals surface area contributed by atoms with Gasteiger partial charge >= 0.3 is 0 Å². The first-order valence-corrected chi connectivity index (χ1v) is 10.3. The third-order valence-corrected chi connectivity index (χ3v) is 5.50. The number of fused-ring (bicyclic) bond motifs is 1. The number of aromatic nitrogens is 5. The molecule has 0 radical (unpaired) electrons. The first-order chi connectivity index (χ1) is 14.3. The first-order valence-electron chi connectivity index (χ1n) is 9.56. The van der Waals surface area contributed by atoms with Crippen molar-refractivity contribution in [2.45, 2.75) is 45.1 Å². The van der Waals surface area contributed by atoms with Crippen molar-refractivity contribution in [1.29, 1.82) is 10.8 Å². The average molecular weight is 473 g/mol. The fourth-order valence-electron chi connectivity index (χ4n) is 3.20. The van der Waals surface area contributed by atoms with Crippen molar-refractivity contribution in [2.75, 3.05) is 5.32 Å². The second kappa shape index (κ2) is 7.63. The lowest BCUT2D eigenvalue weighted by molar-refractivity contribution is -0.117. The van der Waals surface area contributed by atoms with E-state index in [2.05, 4.69) is 31.4 Å². The van der Waals surface area contributed by atoms with E-state index < -0.39 is 5.91 Å². The van der Waals surface area contributed by atoms with E-state index in [4.69, 9.17) is 10.8 Å². The molecule has 0 aromatic carbocycles. The van der Waals surface area contributed by atoms with E-state index in [0.717, 1.165) is 29.6 Å². The van der Waals surface area contributed by atoms with Crippen LogP contribution in [0.3, 0.4) is 0 Å². The largest absolute Gasteiger partial charge is 0.323 e. The Balaban J connectivity index is 1.66. The normalized spacial score (nSPS) is 13.7. The highest BCUT2D eigenvalue weighted by atomic mass is 79.9.